The number of hydrogen-bond donors (Lipinski definition) is 1. The Hall–Kier alpha value is -1.92. The molecule has 0 amide bonds. The average molecular weight is 265 g/mol. The third-order valence-electron chi connectivity index (χ3n) is 3.57. The Morgan fingerprint density at radius 3 is 2.63 bits per heavy atom. The summed E-state index contributed by atoms with van der Waals surface area (Å²) in [5.74, 6) is 1.89. The van der Waals surface area contributed by atoms with Gasteiger partial charge in [0.1, 0.15) is 6.20 Å². The fraction of sp³-hybridized carbons (Fsp3) is 0.667. The van der Waals surface area contributed by atoms with E-state index in [-0.39, 0.29) is 5.69 Å². The van der Waals surface area contributed by atoms with Crippen molar-refractivity contribution in [1.29, 1.82) is 0 Å². The second-order valence-electron chi connectivity index (χ2n) is 5.05. The van der Waals surface area contributed by atoms with E-state index in [2.05, 4.69) is 29.1 Å². The SMILES string of the molecule is CCNc1ncc([N+](=O)[O-])c(N2CC(C)C(C)C2)n1. The number of nitrogens with zero attached hydrogens (tertiary/aromatic N) is 4. The Balaban J connectivity index is 2.35. The van der Waals surface area contributed by atoms with Gasteiger partial charge in [-0.3, -0.25) is 10.1 Å². The third kappa shape index (κ3) is 2.74. The van der Waals surface area contributed by atoms with Crippen LogP contribution in [-0.4, -0.2) is 34.5 Å². The van der Waals surface area contributed by atoms with Gasteiger partial charge < -0.3 is 10.2 Å². The van der Waals surface area contributed by atoms with Crippen LogP contribution in [0.15, 0.2) is 6.20 Å². The van der Waals surface area contributed by atoms with Crippen LogP contribution < -0.4 is 10.2 Å². The van der Waals surface area contributed by atoms with E-state index >= 15 is 0 Å². The minimum atomic E-state index is -0.418. The molecule has 1 aromatic rings. The molecule has 1 fully saturated rings. The number of hydrogen-bond acceptors (Lipinski definition) is 6. The van der Waals surface area contributed by atoms with Crippen molar-refractivity contribution < 1.29 is 4.92 Å². The number of anilines is 2. The topological polar surface area (TPSA) is 84.2 Å². The van der Waals surface area contributed by atoms with E-state index in [1.54, 1.807) is 0 Å². The van der Waals surface area contributed by atoms with Crippen LogP contribution in [0.25, 0.3) is 0 Å². The maximum absolute atomic E-state index is 11.1. The van der Waals surface area contributed by atoms with E-state index in [4.69, 9.17) is 0 Å². The highest BCUT2D eigenvalue weighted by atomic mass is 16.6. The van der Waals surface area contributed by atoms with Gasteiger partial charge in [0.15, 0.2) is 0 Å². The quantitative estimate of drug-likeness (QED) is 0.661. The molecule has 1 aromatic heterocycles. The average Bonchev–Trinajstić information content (AvgIpc) is 2.69. The largest absolute Gasteiger partial charge is 0.354 e. The Bertz CT molecular complexity index is 469. The van der Waals surface area contributed by atoms with E-state index in [1.165, 1.54) is 6.20 Å². The van der Waals surface area contributed by atoms with E-state index in [9.17, 15) is 10.1 Å². The van der Waals surface area contributed by atoms with Crippen LogP contribution in [0, 0.1) is 22.0 Å². The van der Waals surface area contributed by atoms with Crippen molar-refractivity contribution in [2.24, 2.45) is 11.8 Å². The zero-order valence-electron chi connectivity index (χ0n) is 11.5. The smallest absolute Gasteiger partial charge is 0.329 e. The summed E-state index contributed by atoms with van der Waals surface area (Å²) < 4.78 is 0. The Labute approximate surface area is 112 Å². The van der Waals surface area contributed by atoms with Gasteiger partial charge in [-0.15, -0.1) is 0 Å². The molecular weight excluding hydrogens is 246 g/mol. The summed E-state index contributed by atoms with van der Waals surface area (Å²) in [6, 6.07) is 0. The molecule has 0 aliphatic carbocycles. The summed E-state index contributed by atoms with van der Waals surface area (Å²) in [7, 11) is 0. The van der Waals surface area contributed by atoms with Crippen molar-refractivity contribution in [2.75, 3.05) is 29.9 Å². The monoisotopic (exact) mass is 265 g/mol. The first-order valence-electron chi connectivity index (χ1n) is 6.53. The molecule has 1 aliphatic rings. The molecule has 7 nitrogen and oxygen atoms in total. The first-order valence-corrected chi connectivity index (χ1v) is 6.53. The number of rotatable bonds is 4. The number of nitro groups is 1. The fourth-order valence-corrected chi connectivity index (χ4v) is 2.27. The molecule has 2 heterocycles. The predicted molar refractivity (Wildman–Crippen MR) is 73.4 cm³/mol. The van der Waals surface area contributed by atoms with Crippen molar-refractivity contribution in [2.45, 2.75) is 20.8 Å². The Kier molecular flexibility index (Phi) is 3.82. The zero-order chi connectivity index (χ0) is 14.0. The lowest BCUT2D eigenvalue weighted by atomic mass is 10.0. The van der Waals surface area contributed by atoms with Crippen LogP contribution in [0.4, 0.5) is 17.5 Å². The minimum Gasteiger partial charge on any atom is -0.354 e. The summed E-state index contributed by atoms with van der Waals surface area (Å²) in [5, 5.41) is 14.1. The molecule has 0 spiro atoms. The normalized spacial score (nSPS) is 22.6. The third-order valence-corrected chi connectivity index (χ3v) is 3.57. The van der Waals surface area contributed by atoms with Gasteiger partial charge in [-0.25, -0.2) is 4.98 Å². The maximum Gasteiger partial charge on any atom is 0.329 e. The second kappa shape index (κ2) is 5.38. The maximum atomic E-state index is 11.1. The van der Waals surface area contributed by atoms with Crippen molar-refractivity contribution in [3.63, 3.8) is 0 Å². The molecule has 19 heavy (non-hydrogen) atoms. The zero-order valence-corrected chi connectivity index (χ0v) is 11.5. The van der Waals surface area contributed by atoms with Crippen LogP contribution in [0.3, 0.4) is 0 Å². The van der Waals surface area contributed by atoms with E-state index < -0.39 is 4.92 Å². The number of nitrogens with one attached hydrogen (secondary N) is 1. The molecule has 2 atom stereocenters. The first-order chi connectivity index (χ1) is 9.02. The van der Waals surface area contributed by atoms with Crippen LogP contribution in [0.2, 0.25) is 0 Å². The van der Waals surface area contributed by atoms with Crippen LogP contribution in [0.1, 0.15) is 20.8 Å². The summed E-state index contributed by atoms with van der Waals surface area (Å²) in [6.45, 7) is 8.52. The molecule has 2 unspecified atom stereocenters. The summed E-state index contributed by atoms with van der Waals surface area (Å²) in [5.41, 5.74) is -0.0250. The minimum absolute atomic E-state index is 0.0250. The van der Waals surface area contributed by atoms with Crippen molar-refractivity contribution >= 4 is 17.5 Å². The van der Waals surface area contributed by atoms with Gasteiger partial charge in [-0.2, -0.15) is 4.98 Å². The Morgan fingerprint density at radius 1 is 1.47 bits per heavy atom. The van der Waals surface area contributed by atoms with Crippen molar-refractivity contribution in [3.05, 3.63) is 16.3 Å². The molecule has 0 radical (unpaired) electrons. The fourth-order valence-electron chi connectivity index (χ4n) is 2.27. The lowest BCUT2D eigenvalue weighted by molar-refractivity contribution is -0.384. The van der Waals surface area contributed by atoms with Gasteiger partial charge in [-0.1, -0.05) is 13.8 Å². The van der Waals surface area contributed by atoms with Crippen molar-refractivity contribution in [3.8, 4) is 0 Å². The first kappa shape index (κ1) is 13.5. The molecular formula is C12H19N5O2. The molecule has 2 rings (SSSR count). The highest BCUT2D eigenvalue weighted by Gasteiger charge is 2.31. The van der Waals surface area contributed by atoms with Gasteiger partial charge in [0.25, 0.3) is 0 Å². The lowest BCUT2D eigenvalue weighted by Gasteiger charge is -2.17. The molecule has 7 heteroatoms. The van der Waals surface area contributed by atoms with E-state index in [1.807, 2.05) is 11.8 Å². The molecule has 1 N–H and O–H groups in total. The molecule has 1 aliphatic heterocycles. The standard InChI is InChI=1S/C12H19N5O2/c1-4-13-12-14-5-10(17(18)19)11(15-12)16-6-8(2)9(3)7-16/h5,8-9H,4,6-7H2,1-3H3,(H,13,14,15). The summed E-state index contributed by atoms with van der Waals surface area (Å²) in [6.07, 6.45) is 1.29. The molecule has 104 valence electrons. The van der Waals surface area contributed by atoms with Gasteiger partial charge in [0, 0.05) is 19.6 Å². The molecule has 1 saturated heterocycles. The summed E-state index contributed by atoms with van der Waals surface area (Å²) in [4.78, 5) is 20.9. The van der Waals surface area contributed by atoms with Gasteiger partial charge >= 0.3 is 5.69 Å². The predicted octanol–water partition coefficient (Wildman–Crippen LogP) is 1.91. The van der Waals surface area contributed by atoms with Crippen molar-refractivity contribution in [1.82, 2.24) is 9.97 Å². The lowest BCUT2D eigenvalue weighted by Crippen LogP contribution is -2.23. The van der Waals surface area contributed by atoms with Gasteiger partial charge in [0.05, 0.1) is 4.92 Å². The van der Waals surface area contributed by atoms with Gasteiger partial charge in [0.2, 0.25) is 11.8 Å². The second-order valence-corrected chi connectivity index (χ2v) is 5.05. The van der Waals surface area contributed by atoms with E-state index in [0.717, 1.165) is 13.1 Å². The van der Waals surface area contributed by atoms with Crippen LogP contribution >= 0.6 is 0 Å². The molecule has 0 bridgehead atoms. The molecule has 0 aromatic carbocycles. The van der Waals surface area contributed by atoms with E-state index in [0.29, 0.717) is 30.1 Å². The highest BCUT2D eigenvalue weighted by molar-refractivity contribution is 5.59. The Morgan fingerprint density at radius 2 is 2.11 bits per heavy atom. The number of aromatic nitrogens is 2. The molecule has 0 saturated carbocycles. The van der Waals surface area contributed by atoms with Crippen LogP contribution in [-0.2, 0) is 0 Å². The van der Waals surface area contributed by atoms with Gasteiger partial charge in [-0.05, 0) is 18.8 Å². The highest BCUT2D eigenvalue weighted by Crippen LogP contribution is 2.32. The summed E-state index contributed by atoms with van der Waals surface area (Å²) >= 11 is 0. The van der Waals surface area contributed by atoms with Crippen LogP contribution in [0.5, 0.6) is 0 Å².